The van der Waals surface area contributed by atoms with E-state index in [0.717, 1.165) is 31.7 Å². The third-order valence-electron chi connectivity index (χ3n) is 4.34. The Morgan fingerprint density at radius 2 is 2.25 bits per heavy atom. The Hall–Kier alpha value is -2.22. The van der Waals surface area contributed by atoms with Crippen molar-refractivity contribution in [1.29, 1.82) is 0 Å². The van der Waals surface area contributed by atoms with Crippen LogP contribution in [-0.2, 0) is 0 Å². The third kappa shape index (κ3) is 3.48. The van der Waals surface area contributed by atoms with Crippen LogP contribution < -0.4 is 9.80 Å². The molecule has 1 unspecified atom stereocenters. The molecule has 2 heterocycles. The van der Waals surface area contributed by atoms with Gasteiger partial charge in [-0.2, -0.15) is 5.10 Å². The van der Waals surface area contributed by atoms with Crippen LogP contribution >= 0.6 is 15.9 Å². The third-order valence-corrected chi connectivity index (χ3v) is 4.83. The molecule has 1 aromatic carbocycles. The number of rotatable bonds is 4. The first-order valence-corrected chi connectivity index (χ1v) is 8.55. The van der Waals surface area contributed by atoms with Crippen molar-refractivity contribution in [2.24, 2.45) is 0 Å². The van der Waals surface area contributed by atoms with E-state index in [0.29, 0.717) is 10.2 Å². The number of hydrogen-bond acceptors (Lipinski definition) is 6. The Labute approximate surface area is 148 Å². The van der Waals surface area contributed by atoms with Crippen LogP contribution in [0.3, 0.4) is 0 Å². The van der Waals surface area contributed by atoms with Crippen LogP contribution in [0.1, 0.15) is 12.8 Å². The molecule has 1 aromatic heterocycles. The van der Waals surface area contributed by atoms with E-state index >= 15 is 0 Å². The lowest BCUT2D eigenvalue weighted by atomic mass is 10.0. The fourth-order valence-corrected chi connectivity index (χ4v) is 3.43. The number of anilines is 2. The molecule has 0 aliphatic carbocycles. The molecule has 3 rings (SSSR count). The van der Waals surface area contributed by atoms with Gasteiger partial charge >= 0.3 is 0 Å². The minimum Gasteiger partial charge on any atom is -0.364 e. The number of halogens is 1. The quantitative estimate of drug-likeness (QED) is 0.587. The fourth-order valence-electron chi connectivity index (χ4n) is 3.08. The van der Waals surface area contributed by atoms with Gasteiger partial charge in [0.05, 0.1) is 4.92 Å². The molecule has 1 saturated heterocycles. The fraction of sp³-hybridized carbons (Fsp3) is 0.375. The van der Waals surface area contributed by atoms with E-state index in [2.05, 4.69) is 31.0 Å². The lowest BCUT2D eigenvalue weighted by Gasteiger charge is -2.38. The summed E-state index contributed by atoms with van der Waals surface area (Å²) in [6.07, 6.45) is 3.65. The molecule has 8 heteroatoms. The zero-order valence-corrected chi connectivity index (χ0v) is 14.9. The van der Waals surface area contributed by atoms with E-state index in [-0.39, 0.29) is 16.7 Å². The number of benzene rings is 1. The van der Waals surface area contributed by atoms with E-state index in [9.17, 15) is 10.1 Å². The molecule has 24 heavy (non-hydrogen) atoms. The Bertz CT molecular complexity index is 728. The highest BCUT2D eigenvalue weighted by Gasteiger charge is 2.28. The monoisotopic (exact) mass is 391 g/mol. The lowest BCUT2D eigenvalue weighted by molar-refractivity contribution is -0.384. The van der Waals surface area contributed by atoms with Gasteiger partial charge in [-0.15, -0.1) is 5.10 Å². The number of nitro groups is 1. The van der Waals surface area contributed by atoms with Gasteiger partial charge in [0, 0.05) is 42.9 Å². The second kappa shape index (κ2) is 7.12. The highest BCUT2D eigenvalue weighted by molar-refractivity contribution is 9.10. The van der Waals surface area contributed by atoms with Crippen molar-refractivity contribution < 1.29 is 4.92 Å². The van der Waals surface area contributed by atoms with E-state index in [1.54, 1.807) is 18.3 Å². The largest absolute Gasteiger partial charge is 0.364 e. The number of piperidine rings is 1. The normalized spacial score (nSPS) is 17.6. The van der Waals surface area contributed by atoms with E-state index in [4.69, 9.17) is 0 Å². The summed E-state index contributed by atoms with van der Waals surface area (Å²) in [7, 11) is 1.92. The number of likely N-dealkylation sites (N-methyl/N-ethyl adjacent to an activating group) is 1. The summed E-state index contributed by atoms with van der Waals surface area (Å²) in [6.45, 7) is 1.69. The van der Waals surface area contributed by atoms with Crippen LogP contribution in [0.2, 0.25) is 0 Å². The summed E-state index contributed by atoms with van der Waals surface area (Å²) < 4.78 is 0.705. The average molecular weight is 392 g/mol. The van der Waals surface area contributed by atoms with Crippen LogP contribution in [0.5, 0.6) is 0 Å². The van der Waals surface area contributed by atoms with Gasteiger partial charge in [-0.05, 0) is 37.1 Å². The first-order valence-electron chi connectivity index (χ1n) is 7.75. The van der Waals surface area contributed by atoms with Crippen molar-refractivity contribution in [3.8, 4) is 0 Å². The summed E-state index contributed by atoms with van der Waals surface area (Å²) in [6, 6.07) is 9.17. The summed E-state index contributed by atoms with van der Waals surface area (Å²) >= 11 is 3.30. The van der Waals surface area contributed by atoms with Gasteiger partial charge in [-0.3, -0.25) is 10.1 Å². The van der Waals surface area contributed by atoms with Gasteiger partial charge in [0.2, 0.25) is 0 Å². The molecule has 1 fully saturated rings. The van der Waals surface area contributed by atoms with Gasteiger partial charge in [0.1, 0.15) is 5.69 Å². The summed E-state index contributed by atoms with van der Waals surface area (Å²) in [4.78, 5) is 15.2. The standard InChI is InChI=1S/C16H18BrN5O2/c1-20(14-7-6-12(17)10-15(14)22(23)24)13-4-3-9-21(11-13)16-5-2-8-18-19-16/h2,5-8,10,13H,3-4,9,11H2,1H3. The van der Waals surface area contributed by atoms with Gasteiger partial charge in [0.25, 0.3) is 5.69 Å². The Kier molecular flexibility index (Phi) is 4.94. The number of nitro benzene ring substituents is 1. The first kappa shape index (κ1) is 16.6. The van der Waals surface area contributed by atoms with Crippen molar-refractivity contribution in [2.75, 3.05) is 29.9 Å². The van der Waals surface area contributed by atoms with E-state index in [1.807, 2.05) is 30.1 Å². The maximum Gasteiger partial charge on any atom is 0.293 e. The molecule has 0 amide bonds. The van der Waals surface area contributed by atoms with E-state index < -0.39 is 0 Å². The summed E-state index contributed by atoms with van der Waals surface area (Å²) in [5.41, 5.74) is 0.748. The number of hydrogen-bond donors (Lipinski definition) is 0. The Balaban J connectivity index is 1.82. The molecule has 0 saturated carbocycles. The second-order valence-corrected chi connectivity index (χ2v) is 6.74. The van der Waals surface area contributed by atoms with Gasteiger partial charge in [-0.25, -0.2) is 0 Å². The molecule has 126 valence electrons. The topological polar surface area (TPSA) is 75.4 Å². The SMILES string of the molecule is CN(c1ccc(Br)cc1[N+](=O)[O-])C1CCCN(c2cccnn2)C1. The van der Waals surface area contributed by atoms with Crippen molar-refractivity contribution in [3.05, 3.63) is 51.1 Å². The van der Waals surface area contributed by atoms with Crippen LogP contribution in [-0.4, -0.2) is 41.3 Å². The Morgan fingerprint density at radius 1 is 1.42 bits per heavy atom. The smallest absolute Gasteiger partial charge is 0.293 e. The highest BCUT2D eigenvalue weighted by Crippen LogP contribution is 2.33. The zero-order valence-electron chi connectivity index (χ0n) is 13.3. The molecule has 2 aromatic rings. The zero-order chi connectivity index (χ0) is 17.1. The second-order valence-electron chi connectivity index (χ2n) is 5.82. The predicted molar refractivity (Wildman–Crippen MR) is 96.5 cm³/mol. The molecule has 0 N–H and O–H groups in total. The van der Waals surface area contributed by atoms with Gasteiger partial charge < -0.3 is 9.80 Å². The summed E-state index contributed by atoms with van der Waals surface area (Å²) in [5.74, 6) is 0.848. The predicted octanol–water partition coefficient (Wildman–Crippen LogP) is 3.25. The Morgan fingerprint density at radius 3 is 2.96 bits per heavy atom. The van der Waals surface area contributed by atoms with Crippen LogP contribution in [0, 0.1) is 10.1 Å². The lowest BCUT2D eigenvalue weighted by Crippen LogP contribution is -2.47. The van der Waals surface area contributed by atoms with Crippen molar-refractivity contribution in [1.82, 2.24) is 10.2 Å². The maximum atomic E-state index is 11.4. The van der Waals surface area contributed by atoms with E-state index in [1.165, 1.54) is 0 Å². The number of nitrogens with zero attached hydrogens (tertiary/aromatic N) is 5. The molecule has 1 atom stereocenters. The number of aromatic nitrogens is 2. The maximum absolute atomic E-state index is 11.4. The minimum atomic E-state index is -0.333. The molecule has 0 spiro atoms. The average Bonchev–Trinajstić information content (AvgIpc) is 2.62. The highest BCUT2D eigenvalue weighted by atomic mass is 79.9. The minimum absolute atomic E-state index is 0.114. The van der Waals surface area contributed by atoms with Gasteiger partial charge in [0.15, 0.2) is 5.82 Å². The molecule has 1 aliphatic rings. The summed E-state index contributed by atoms with van der Waals surface area (Å²) in [5, 5.41) is 19.5. The van der Waals surface area contributed by atoms with Crippen LogP contribution in [0.15, 0.2) is 41.0 Å². The van der Waals surface area contributed by atoms with Gasteiger partial charge in [-0.1, -0.05) is 15.9 Å². The molecule has 1 aliphatic heterocycles. The molecular weight excluding hydrogens is 374 g/mol. The molecule has 7 nitrogen and oxygen atoms in total. The molecule has 0 bridgehead atoms. The molecular formula is C16H18BrN5O2. The first-order chi connectivity index (χ1) is 11.6. The van der Waals surface area contributed by atoms with Crippen molar-refractivity contribution in [3.63, 3.8) is 0 Å². The van der Waals surface area contributed by atoms with Crippen LogP contribution in [0.4, 0.5) is 17.2 Å². The van der Waals surface area contributed by atoms with Crippen LogP contribution in [0.25, 0.3) is 0 Å². The van der Waals surface area contributed by atoms with Crippen molar-refractivity contribution >= 4 is 33.1 Å². The van der Waals surface area contributed by atoms with Crippen molar-refractivity contribution in [2.45, 2.75) is 18.9 Å². The molecule has 0 radical (unpaired) electrons.